The summed E-state index contributed by atoms with van der Waals surface area (Å²) in [6.45, 7) is 5.04. The second-order valence-corrected chi connectivity index (χ2v) is 6.27. The van der Waals surface area contributed by atoms with Gasteiger partial charge >= 0.3 is 0 Å². The molecule has 2 nitrogen and oxygen atoms in total. The highest BCUT2D eigenvalue weighted by Gasteiger charge is 2.39. The molecule has 21 heavy (non-hydrogen) atoms. The van der Waals surface area contributed by atoms with Crippen LogP contribution >= 0.6 is 0 Å². The molecule has 4 rings (SSSR count). The fraction of sp³-hybridized carbons (Fsp3) is 0.333. The number of likely N-dealkylation sites (tertiary alicyclic amines) is 1. The van der Waals surface area contributed by atoms with Crippen LogP contribution in [0.15, 0.2) is 42.5 Å². The molecule has 1 saturated heterocycles. The van der Waals surface area contributed by atoms with Gasteiger partial charge in [0.05, 0.1) is 0 Å². The smallest absolute Gasteiger partial charge is 0.123 e. The summed E-state index contributed by atoms with van der Waals surface area (Å²) in [5.74, 6) is 0.416. The predicted octanol–water partition coefficient (Wildman–Crippen LogP) is 3.53. The maximum Gasteiger partial charge on any atom is 0.123 e. The van der Waals surface area contributed by atoms with Gasteiger partial charge in [0.2, 0.25) is 0 Å². The van der Waals surface area contributed by atoms with Gasteiger partial charge < -0.3 is 5.32 Å². The molecule has 2 unspecified atom stereocenters. The molecule has 2 heterocycles. The molecular formula is C18H19FN2. The number of nitrogens with zero attached hydrogens (tertiary/aromatic N) is 1. The summed E-state index contributed by atoms with van der Waals surface area (Å²) in [4.78, 5) is 2.42. The normalized spacial score (nSPS) is 23.7. The number of fused-ring (bicyclic) bond motifs is 3. The Balaban J connectivity index is 1.52. The van der Waals surface area contributed by atoms with E-state index in [9.17, 15) is 4.39 Å². The molecule has 1 fully saturated rings. The Bertz CT molecular complexity index is 683. The van der Waals surface area contributed by atoms with Crippen molar-refractivity contribution in [2.24, 2.45) is 0 Å². The van der Waals surface area contributed by atoms with Gasteiger partial charge in [-0.15, -0.1) is 0 Å². The van der Waals surface area contributed by atoms with Gasteiger partial charge in [-0.25, -0.2) is 4.39 Å². The highest BCUT2D eigenvalue weighted by molar-refractivity contribution is 5.61. The van der Waals surface area contributed by atoms with Crippen LogP contribution in [-0.2, 0) is 6.54 Å². The maximum absolute atomic E-state index is 13.3. The quantitative estimate of drug-likeness (QED) is 0.906. The minimum absolute atomic E-state index is 0.147. The van der Waals surface area contributed by atoms with Crippen molar-refractivity contribution in [1.29, 1.82) is 0 Å². The number of halogens is 1. The van der Waals surface area contributed by atoms with Crippen LogP contribution < -0.4 is 5.32 Å². The third-order valence-corrected chi connectivity index (χ3v) is 4.64. The number of anilines is 1. The number of rotatable bonds is 2. The molecule has 2 aliphatic rings. The first kappa shape index (κ1) is 12.8. The van der Waals surface area contributed by atoms with Crippen LogP contribution in [0, 0.1) is 12.7 Å². The average Bonchev–Trinajstić information content (AvgIpc) is 2.96. The number of aryl methyl sites for hydroxylation is 1. The zero-order valence-corrected chi connectivity index (χ0v) is 12.1. The molecule has 0 radical (unpaired) electrons. The lowest BCUT2D eigenvalue weighted by Gasteiger charge is -2.17. The fourth-order valence-corrected chi connectivity index (χ4v) is 3.69. The molecule has 2 aliphatic heterocycles. The van der Waals surface area contributed by atoms with Crippen molar-refractivity contribution >= 4 is 5.69 Å². The summed E-state index contributed by atoms with van der Waals surface area (Å²) in [6, 6.07) is 14.1. The zero-order valence-electron chi connectivity index (χ0n) is 12.1. The summed E-state index contributed by atoms with van der Waals surface area (Å²) in [5.41, 5.74) is 5.11. The zero-order chi connectivity index (χ0) is 14.4. The largest absolute Gasteiger partial charge is 0.380 e. The van der Waals surface area contributed by atoms with E-state index in [1.54, 1.807) is 12.1 Å². The van der Waals surface area contributed by atoms with Crippen molar-refractivity contribution in [1.82, 2.24) is 4.90 Å². The lowest BCUT2D eigenvalue weighted by molar-refractivity contribution is 0.323. The molecule has 0 saturated carbocycles. The monoisotopic (exact) mass is 282 g/mol. The minimum Gasteiger partial charge on any atom is -0.380 e. The van der Waals surface area contributed by atoms with E-state index in [4.69, 9.17) is 0 Å². The van der Waals surface area contributed by atoms with E-state index in [1.807, 2.05) is 6.07 Å². The average molecular weight is 282 g/mol. The van der Waals surface area contributed by atoms with Crippen molar-refractivity contribution in [2.45, 2.75) is 25.4 Å². The highest BCUT2D eigenvalue weighted by Crippen LogP contribution is 2.41. The van der Waals surface area contributed by atoms with E-state index in [0.717, 1.165) is 25.2 Å². The molecule has 108 valence electrons. The summed E-state index contributed by atoms with van der Waals surface area (Å²) in [6.07, 6.45) is 0. The number of nitrogens with one attached hydrogen (secondary N) is 1. The van der Waals surface area contributed by atoms with Gasteiger partial charge in [-0.1, -0.05) is 29.8 Å². The van der Waals surface area contributed by atoms with E-state index in [2.05, 4.69) is 35.3 Å². The third-order valence-electron chi connectivity index (χ3n) is 4.64. The Morgan fingerprint density at radius 2 is 2.10 bits per heavy atom. The van der Waals surface area contributed by atoms with Gasteiger partial charge in [-0.05, 0) is 36.2 Å². The minimum atomic E-state index is -0.147. The van der Waals surface area contributed by atoms with Gasteiger partial charge in [0.15, 0.2) is 0 Å². The second kappa shape index (κ2) is 4.85. The van der Waals surface area contributed by atoms with Crippen LogP contribution in [0.5, 0.6) is 0 Å². The van der Waals surface area contributed by atoms with Crippen molar-refractivity contribution in [3.63, 3.8) is 0 Å². The Labute approximate surface area is 124 Å². The molecule has 0 bridgehead atoms. The van der Waals surface area contributed by atoms with Gasteiger partial charge in [-0.2, -0.15) is 0 Å². The molecule has 0 spiro atoms. The maximum atomic E-state index is 13.3. The van der Waals surface area contributed by atoms with Gasteiger partial charge in [0.25, 0.3) is 0 Å². The van der Waals surface area contributed by atoms with Crippen LogP contribution in [0.1, 0.15) is 22.6 Å². The Morgan fingerprint density at radius 3 is 2.95 bits per heavy atom. The number of hydrogen-bond acceptors (Lipinski definition) is 2. The molecule has 3 heteroatoms. The SMILES string of the molecule is Cc1ccc2c(c1)C1CN(Cc3cccc(F)c3)CC1N2. The summed E-state index contributed by atoms with van der Waals surface area (Å²) < 4.78 is 13.3. The summed E-state index contributed by atoms with van der Waals surface area (Å²) in [7, 11) is 0. The van der Waals surface area contributed by atoms with Gasteiger partial charge in [0.1, 0.15) is 5.82 Å². The lowest BCUT2D eigenvalue weighted by atomic mass is 9.97. The van der Waals surface area contributed by atoms with Crippen molar-refractivity contribution in [3.05, 3.63) is 65.0 Å². The number of benzene rings is 2. The lowest BCUT2D eigenvalue weighted by Crippen LogP contribution is -2.25. The molecule has 2 atom stereocenters. The molecule has 0 aromatic heterocycles. The molecule has 0 amide bonds. The predicted molar refractivity (Wildman–Crippen MR) is 83.0 cm³/mol. The fourth-order valence-electron chi connectivity index (χ4n) is 3.69. The van der Waals surface area contributed by atoms with Crippen LogP contribution in [0.4, 0.5) is 10.1 Å². The first-order chi connectivity index (χ1) is 10.2. The van der Waals surface area contributed by atoms with Crippen molar-refractivity contribution < 1.29 is 4.39 Å². The van der Waals surface area contributed by atoms with Crippen LogP contribution in [-0.4, -0.2) is 24.0 Å². The first-order valence-corrected chi connectivity index (χ1v) is 7.53. The van der Waals surface area contributed by atoms with Crippen molar-refractivity contribution in [2.75, 3.05) is 18.4 Å². The summed E-state index contributed by atoms with van der Waals surface area (Å²) >= 11 is 0. The van der Waals surface area contributed by atoms with Crippen LogP contribution in [0.2, 0.25) is 0 Å². The van der Waals surface area contributed by atoms with E-state index in [0.29, 0.717) is 12.0 Å². The molecule has 0 aliphatic carbocycles. The van der Waals surface area contributed by atoms with Gasteiger partial charge in [0, 0.05) is 37.3 Å². The topological polar surface area (TPSA) is 15.3 Å². The second-order valence-electron chi connectivity index (χ2n) is 6.27. The van der Waals surface area contributed by atoms with Crippen LogP contribution in [0.25, 0.3) is 0 Å². The molecular weight excluding hydrogens is 263 g/mol. The molecule has 1 N–H and O–H groups in total. The highest BCUT2D eigenvalue weighted by atomic mass is 19.1. The Kier molecular flexibility index (Phi) is 2.96. The number of hydrogen-bond donors (Lipinski definition) is 1. The molecule has 2 aromatic carbocycles. The van der Waals surface area contributed by atoms with E-state index in [-0.39, 0.29) is 5.82 Å². The van der Waals surface area contributed by atoms with Crippen LogP contribution in [0.3, 0.4) is 0 Å². The third kappa shape index (κ3) is 2.32. The van der Waals surface area contributed by atoms with E-state index in [1.165, 1.54) is 22.9 Å². The Morgan fingerprint density at radius 1 is 1.19 bits per heavy atom. The Hall–Kier alpha value is -1.87. The van der Waals surface area contributed by atoms with E-state index < -0.39 is 0 Å². The van der Waals surface area contributed by atoms with Gasteiger partial charge in [-0.3, -0.25) is 4.90 Å². The molecule has 2 aromatic rings. The summed E-state index contributed by atoms with van der Waals surface area (Å²) in [5, 5.41) is 3.64. The standard InChI is InChI=1S/C18H19FN2/c1-12-5-6-17-15(7-12)16-10-21(11-18(16)20-17)9-13-3-2-4-14(19)8-13/h2-8,16,18,20H,9-11H2,1H3. The van der Waals surface area contributed by atoms with E-state index >= 15 is 0 Å². The first-order valence-electron chi connectivity index (χ1n) is 7.53. The van der Waals surface area contributed by atoms with Crippen molar-refractivity contribution in [3.8, 4) is 0 Å².